The standard InChI is InChI=1S/C6H9F2NO2.ClH/c7-6(8)1-3(5(10)11)4(9)2-6;/h3-4H,1-2,9H2,(H,10,11);1H/t3-,4-;/m0./s1. The monoisotopic (exact) mass is 201 g/mol. The fourth-order valence-corrected chi connectivity index (χ4v) is 1.31. The number of alkyl halides is 2. The van der Waals surface area contributed by atoms with E-state index in [1.807, 2.05) is 0 Å². The second-order valence-corrected chi connectivity index (χ2v) is 2.87. The van der Waals surface area contributed by atoms with Gasteiger partial charge >= 0.3 is 5.97 Å². The number of halogens is 3. The Kier molecular flexibility index (Phi) is 3.41. The van der Waals surface area contributed by atoms with Crippen LogP contribution in [0.4, 0.5) is 8.78 Å². The van der Waals surface area contributed by atoms with E-state index in [2.05, 4.69) is 0 Å². The van der Waals surface area contributed by atoms with Crippen LogP contribution in [0.1, 0.15) is 12.8 Å². The van der Waals surface area contributed by atoms with Gasteiger partial charge in [0.25, 0.3) is 5.92 Å². The van der Waals surface area contributed by atoms with E-state index in [-0.39, 0.29) is 12.4 Å². The Morgan fingerprint density at radius 1 is 1.50 bits per heavy atom. The summed E-state index contributed by atoms with van der Waals surface area (Å²) in [6, 6.07) is -0.900. The molecule has 12 heavy (non-hydrogen) atoms. The molecule has 0 saturated heterocycles. The molecule has 1 saturated carbocycles. The Labute approximate surface area is 74.3 Å². The molecule has 0 amide bonds. The van der Waals surface area contributed by atoms with Crippen LogP contribution < -0.4 is 5.73 Å². The number of hydrogen-bond acceptors (Lipinski definition) is 2. The lowest BCUT2D eigenvalue weighted by Gasteiger charge is -2.06. The second kappa shape index (κ2) is 3.53. The molecule has 0 unspecified atom stereocenters. The molecule has 72 valence electrons. The van der Waals surface area contributed by atoms with Crippen LogP contribution in [0.5, 0.6) is 0 Å². The lowest BCUT2D eigenvalue weighted by molar-refractivity contribution is -0.142. The largest absolute Gasteiger partial charge is 0.481 e. The summed E-state index contributed by atoms with van der Waals surface area (Å²) in [5.41, 5.74) is 5.19. The third kappa shape index (κ3) is 2.28. The molecule has 0 aromatic carbocycles. The van der Waals surface area contributed by atoms with Crippen LogP contribution in [0.2, 0.25) is 0 Å². The molecule has 1 aliphatic carbocycles. The van der Waals surface area contributed by atoms with Gasteiger partial charge in [-0.05, 0) is 0 Å². The molecule has 1 rings (SSSR count). The zero-order valence-corrected chi connectivity index (χ0v) is 6.98. The summed E-state index contributed by atoms with van der Waals surface area (Å²) in [6.45, 7) is 0. The van der Waals surface area contributed by atoms with Crippen molar-refractivity contribution < 1.29 is 18.7 Å². The molecule has 0 radical (unpaired) electrons. The molecule has 6 heteroatoms. The highest BCUT2D eigenvalue weighted by Crippen LogP contribution is 2.38. The highest BCUT2D eigenvalue weighted by Gasteiger charge is 2.47. The Bertz CT molecular complexity index is 188. The van der Waals surface area contributed by atoms with Gasteiger partial charge in [0.1, 0.15) is 0 Å². The minimum atomic E-state index is -2.89. The van der Waals surface area contributed by atoms with E-state index >= 15 is 0 Å². The van der Waals surface area contributed by atoms with Gasteiger partial charge in [0.05, 0.1) is 5.92 Å². The molecular weight excluding hydrogens is 192 g/mol. The van der Waals surface area contributed by atoms with E-state index in [0.29, 0.717) is 0 Å². The maximum Gasteiger partial charge on any atom is 0.308 e. The summed E-state index contributed by atoms with van der Waals surface area (Å²) in [5, 5.41) is 8.40. The third-order valence-electron chi connectivity index (χ3n) is 1.89. The van der Waals surface area contributed by atoms with Gasteiger partial charge < -0.3 is 10.8 Å². The van der Waals surface area contributed by atoms with Crippen molar-refractivity contribution >= 4 is 18.4 Å². The fraction of sp³-hybridized carbons (Fsp3) is 0.833. The lowest BCUT2D eigenvalue weighted by Crippen LogP contribution is -2.30. The minimum Gasteiger partial charge on any atom is -0.481 e. The number of carboxylic acid groups (broad SMARTS) is 1. The van der Waals surface area contributed by atoms with Crippen molar-refractivity contribution in [3.05, 3.63) is 0 Å². The van der Waals surface area contributed by atoms with E-state index in [1.165, 1.54) is 0 Å². The fourth-order valence-electron chi connectivity index (χ4n) is 1.31. The summed E-state index contributed by atoms with van der Waals surface area (Å²) in [7, 11) is 0. The molecule has 1 aliphatic rings. The van der Waals surface area contributed by atoms with Gasteiger partial charge in [-0.1, -0.05) is 0 Å². The minimum absolute atomic E-state index is 0. The Morgan fingerprint density at radius 2 is 2.00 bits per heavy atom. The van der Waals surface area contributed by atoms with E-state index in [0.717, 1.165) is 0 Å². The van der Waals surface area contributed by atoms with Crippen molar-refractivity contribution in [3.63, 3.8) is 0 Å². The molecule has 0 spiro atoms. The van der Waals surface area contributed by atoms with Crippen molar-refractivity contribution in [2.75, 3.05) is 0 Å². The quantitative estimate of drug-likeness (QED) is 0.662. The van der Waals surface area contributed by atoms with Gasteiger partial charge in [-0.2, -0.15) is 0 Å². The summed E-state index contributed by atoms with van der Waals surface area (Å²) >= 11 is 0. The number of carboxylic acids is 1. The average Bonchev–Trinajstić information content (AvgIpc) is 2.05. The molecule has 0 heterocycles. The van der Waals surface area contributed by atoms with E-state index in [9.17, 15) is 13.6 Å². The van der Waals surface area contributed by atoms with Gasteiger partial charge in [-0.25, -0.2) is 8.78 Å². The number of hydrogen-bond donors (Lipinski definition) is 2. The molecule has 0 bridgehead atoms. The Morgan fingerprint density at radius 3 is 2.17 bits per heavy atom. The van der Waals surface area contributed by atoms with Gasteiger partial charge in [0.2, 0.25) is 0 Å². The van der Waals surface area contributed by atoms with Gasteiger partial charge in [0.15, 0.2) is 0 Å². The molecular formula is C6H10ClF2NO2. The SMILES string of the molecule is Cl.N[C@H]1CC(F)(F)C[C@@H]1C(=O)O. The first-order chi connectivity index (χ1) is 4.92. The molecule has 2 atom stereocenters. The van der Waals surface area contributed by atoms with Crippen molar-refractivity contribution in [1.82, 2.24) is 0 Å². The maximum absolute atomic E-state index is 12.5. The van der Waals surface area contributed by atoms with Crippen LogP contribution in [-0.2, 0) is 4.79 Å². The van der Waals surface area contributed by atoms with Crippen LogP contribution in [0.25, 0.3) is 0 Å². The molecule has 3 N–H and O–H groups in total. The summed E-state index contributed by atoms with van der Waals surface area (Å²) < 4.78 is 24.9. The predicted octanol–water partition coefficient (Wildman–Crippen LogP) is 0.865. The molecule has 0 aliphatic heterocycles. The Hall–Kier alpha value is -0.420. The zero-order valence-electron chi connectivity index (χ0n) is 6.17. The van der Waals surface area contributed by atoms with Gasteiger partial charge in [-0.3, -0.25) is 4.79 Å². The first-order valence-corrected chi connectivity index (χ1v) is 3.28. The number of nitrogens with two attached hydrogens (primary N) is 1. The number of aliphatic carboxylic acids is 1. The van der Waals surface area contributed by atoms with Crippen molar-refractivity contribution in [1.29, 1.82) is 0 Å². The topological polar surface area (TPSA) is 63.3 Å². The molecule has 3 nitrogen and oxygen atoms in total. The smallest absolute Gasteiger partial charge is 0.308 e. The number of carbonyl (C=O) groups is 1. The number of rotatable bonds is 1. The first-order valence-electron chi connectivity index (χ1n) is 3.28. The molecule has 0 aromatic rings. The average molecular weight is 202 g/mol. The predicted molar refractivity (Wildman–Crippen MR) is 40.5 cm³/mol. The van der Waals surface area contributed by atoms with Crippen LogP contribution >= 0.6 is 12.4 Å². The van der Waals surface area contributed by atoms with Crippen molar-refractivity contribution in [2.45, 2.75) is 24.8 Å². The maximum atomic E-state index is 12.5. The van der Waals surface area contributed by atoms with Crippen LogP contribution in [0.15, 0.2) is 0 Å². The van der Waals surface area contributed by atoms with E-state index in [4.69, 9.17) is 10.8 Å². The highest BCUT2D eigenvalue weighted by atomic mass is 35.5. The highest BCUT2D eigenvalue weighted by molar-refractivity contribution is 5.85. The van der Waals surface area contributed by atoms with Crippen molar-refractivity contribution in [3.8, 4) is 0 Å². The molecule has 1 fully saturated rings. The summed E-state index contributed by atoms with van der Waals surface area (Å²) in [6.07, 6.45) is -1.13. The van der Waals surface area contributed by atoms with Gasteiger partial charge in [-0.15, -0.1) is 12.4 Å². The van der Waals surface area contributed by atoms with E-state index in [1.54, 1.807) is 0 Å². The van der Waals surface area contributed by atoms with E-state index < -0.39 is 36.7 Å². The van der Waals surface area contributed by atoms with Crippen LogP contribution in [0, 0.1) is 5.92 Å². The summed E-state index contributed by atoms with van der Waals surface area (Å²) in [4.78, 5) is 10.3. The molecule has 0 aromatic heterocycles. The van der Waals surface area contributed by atoms with Crippen molar-refractivity contribution in [2.24, 2.45) is 11.7 Å². The normalized spacial score (nSPS) is 32.6. The van der Waals surface area contributed by atoms with Gasteiger partial charge in [0, 0.05) is 18.9 Å². The zero-order chi connectivity index (χ0) is 8.65. The third-order valence-corrected chi connectivity index (χ3v) is 1.89. The Balaban J connectivity index is 0.00000121. The first kappa shape index (κ1) is 11.6. The van der Waals surface area contributed by atoms with Crippen LogP contribution in [-0.4, -0.2) is 23.0 Å². The lowest BCUT2D eigenvalue weighted by atomic mass is 10.1. The second-order valence-electron chi connectivity index (χ2n) is 2.87. The van der Waals surface area contributed by atoms with Crippen LogP contribution in [0.3, 0.4) is 0 Å². The summed E-state index contributed by atoms with van der Waals surface area (Å²) in [5.74, 6) is -5.19.